The Labute approximate surface area is 133 Å². The van der Waals surface area contributed by atoms with E-state index in [0.29, 0.717) is 6.54 Å². The van der Waals surface area contributed by atoms with Gasteiger partial charge in [-0.1, -0.05) is 24.3 Å². The molecule has 3 aromatic rings. The van der Waals surface area contributed by atoms with Crippen molar-refractivity contribution in [1.29, 1.82) is 0 Å². The molecule has 4 nitrogen and oxygen atoms in total. The second-order valence-electron chi connectivity index (χ2n) is 5.14. The highest BCUT2D eigenvalue weighted by atomic mass is 32.1. The first-order chi connectivity index (χ1) is 10.7. The Morgan fingerprint density at radius 1 is 1.18 bits per heavy atom. The summed E-state index contributed by atoms with van der Waals surface area (Å²) in [5.41, 5.74) is 2.30. The minimum absolute atomic E-state index is 0.0133. The number of hydrogen-bond acceptors (Lipinski definition) is 3. The van der Waals surface area contributed by atoms with Gasteiger partial charge in [-0.3, -0.25) is 4.79 Å². The molecule has 112 valence electrons. The molecule has 0 fully saturated rings. The Kier molecular flexibility index (Phi) is 4.34. The fraction of sp³-hybridized carbons (Fsp3) is 0.176. The summed E-state index contributed by atoms with van der Waals surface area (Å²) in [7, 11) is 0. The van der Waals surface area contributed by atoms with E-state index in [0.717, 1.165) is 21.9 Å². The quantitative estimate of drug-likeness (QED) is 0.786. The van der Waals surface area contributed by atoms with Gasteiger partial charge in [0.15, 0.2) is 0 Å². The van der Waals surface area contributed by atoms with Gasteiger partial charge in [0.1, 0.15) is 0 Å². The number of hydrogen-bond donors (Lipinski definition) is 1. The van der Waals surface area contributed by atoms with Gasteiger partial charge in [0.25, 0.3) is 5.91 Å². The topological polar surface area (TPSA) is 46.9 Å². The summed E-state index contributed by atoms with van der Waals surface area (Å²) in [5, 5.41) is 2.95. The fourth-order valence-electron chi connectivity index (χ4n) is 2.18. The molecule has 2 aromatic heterocycles. The van der Waals surface area contributed by atoms with Crippen molar-refractivity contribution < 1.29 is 4.79 Å². The lowest BCUT2D eigenvalue weighted by molar-refractivity contribution is 0.0955. The van der Waals surface area contributed by atoms with E-state index < -0.39 is 0 Å². The number of thiophene rings is 1. The van der Waals surface area contributed by atoms with Gasteiger partial charge in [-0.05, 0) is 30.2 Å². The largest absolute Gasteiger partial charge is 0.347 e. The van der Waals surface area contributed by atoms with Gasteiger partial charge >= 0.3 is 0 Å². The van der Waals surface area contributed by atoms with Crippen LogP contribution in [0, 0.1) is 6.92 Å². The lowest BCUT2D eigenvalue weighted by atomic mass is 10.1. The van der Waals surface area contributed by atoms with Crippen LogP contribution in [0.15, 0.2) is 55.1 Å². The molecule has 0 unspecified atom stereocenters. The number of aromatic nitrogens is 2. The lowest BCUT2D eigenvalue weighted by Gasteiger charge is -2.06. The summed E-state index contributed by atoms with van der Waals surface area (Å²) < 4.78 is 2.02. The van der Waals surface area contributed by atoms with Gasteiger partial charge in [-0.2, -0.15) is 0 Å². The maximum atomic E-state index is 12.0. The van der Waals surface area contributed by atoms with Gasteiger partial charge in [-0.25, -0.2) is 4.98 Å². The molecule has 1 amide bonds. The molecule has 0 aliphatic rings. The standard InChI is InChI=1S/C17H17N3OS/c1-13-2-7-16(22-13)17(21)19-10-14-3-5-15(6-4-14)11-20-9-8-18-12-20/h2-9,12H,10-11H2,1H3,(H,19,21). The van der Waals surface area contributed by atoms with Crippen LogP contribution in [0.3, 0.4) is 0 Å². The van der Waals surface area contributed by atoms with Crippen molar-refractivity contribution in [3.8, 4) is 0 Å². The molecule has 0 bridgehead atoms. The summed E-state index contributed by atoms with van der Waals surface area (Å²) in [6.07, 6.45) is 5.52. The number of amides is 1. The maximum Gasteiger partial charge on any atom is 0.261 e. The highest BCUT2D eigenvalue weighted by Gasteiger charge is 2.07. The van der Waals surface area contributed by atoms with E-state index in [1.165, 1.54) is 16.9 Å². The minimum Gasteiger partial charge on any atom is -0.347 e. The van der Waals surface area contributed by atoms with E-state index in [1.807, 2.05) is 42.0 Å². The van der Waals surface area contributed by atoms with Crippen LogP contribution in [0.5, 0.6) is 0 Å². The van der Waals surface area contributed by atoms with Crippen LogP contribution in [-0.4, -0.2) is 15.5 Å². The second kappa shape index (κ2) is 6.58. The molecule has 2 heterocycles. The van der Waals surface area contributed by atoms with Crippen molar-refractivity contribution in [1.82, 2.24) is 14.9 Å². The van der Waals surface area contributed by atoms with Crippen molar-refractivity contribution >= 4 is 17.2 Å². The van der Waals surface area contributed by atoms with Crippen LogP contribution in [0.25, 0.3) is 0 Å². The molecule has 1 aromatic carbocycles. The number of carbonyl (C=O) groups is 1. The summed E-state index contributed by atoms with van der Waals surface area (Å²) >= 11 is 1.51. The molecule has 0 saturated carbocycles. The molecule has 22 heavy (non-hydrogen) atoms. The van der Waals surface area contributed by atoms with E-state index in [2.05, 4.69) is 22.4 Å². The zero-order valence-corrected chi connectivity index (χ0v) is 13.1. The summed E-state index contributed by atoms with van der Waals surface area (Å²) in [6.45, 7) is 3.35. The summed E-state index contributed by atoms with van der Waals surface area (Å²) in [6, 6.07) is 12.1. The summed E-state index contributed by atoms with van der Waals surface area (Å²) in [4.78, 5) is 17.9. The highest BCUT2D eigenvalue weighted by molar-refractivity contribution is 7.13. The number of rotatable bonds is 5. The van der Waals surface area contributed by atoms with Crippen LogP contribution in [0.1, 0.15) is 25.7 Å². The first kappa shape index (κ1) is 14.5. The fourth-order valence-corrected chi connectivity index (χ4v) is 2.96. The first-order valence-electron chi connectivity index (χ1n) is 7.09. The van der Waals surface area contributed by atoms with Crippen LogP contribution in [0.2, 0.25) is 0 Å². The predicted molar refractivity (Wildman–Crippen MR) is 88.0 cm³/mol. The Morgan fingerprint density at radius 2 is 1.95 bits per heavy atom. The molecular formula is C17H17N3OS. The second-order valence-corrected chi connectivity index (χ2v) is 6.43. The number of nitrogens with zero attached hydrogens (tertiary/aromatic N) is 2. The third kappa shape index (κ3) is 3.62. The lowest BCUT2D eigenvalue weighted by Crippen LogP contribution is -2.21. The van der Waals surface area contributed by atoms with E-state index in [1.54, 1.807) is 12.5 Å². The minimum atomic E-state index is -0.0133. The monoisotopic (exact) mass is 311 g/mol. The zero-order chi connectivity index (χ0) is 15.4. The van der Waals surface area contributed by atoms with Crippen LogP contribution in [-0.2, 0) is 13.1 Å². The van der Waals surface area contributed by atoms with Crippen LogP contribution >= 0.6 is 11.3 Å². The van der Waals surface area contributed by atoms with Crippen molar-refractivity contribution in [3.05, 3.63) is 76.0 Å². The van der Waals surface area contributed by atoms with E-state index in [-0.39, 0.29) is 5.91 Å². The molecule has 0 radical (unpaired) electrons. The number of imidazole rings is 1. The normalized spacial score (nSPS) is 10.6. The third-order valence-corrected chi connectivity index (χ3v) is 4.36. The molecule has 0 aliphatic heterocycles. The molecule has 0 saturated heterocycles. The third-order valence-electron chi connectivity index (χ3n) is 3.36. The van der Waals surface area contributed by atoms with Crippen LogP contribution in [0.4, 0.5) is 0 Å². The SMILES string of the molecule is Cc1ccc(C(=O)NCc2ccc(Cn3ccnc3)cc2)s1. The van der Waals surface area contributed by atoms with Gasteiger partial charge in [-0.15, -0.1) is 11.3 Å². The number of benzene rings is 1. The zero-order valence-electron chi connectivity index (χ0n) is 12.3. The average Bonchev–Trinajstić information content (AvgIpc) is 3.18. The number of aryl methyl sites for hydroxylation is 1. The van der Waals surface area contributed by atoms with Gasteiger partial charge in [0.05, 0.1) is 11.2 Å². The van der Waals surface area contributed by atoms with Crippen molar-refractivity contribution in [2.75, 3.05) is 0 Å². The Balaban J connectivity index is 1.56. The van der Waals surface area contributed by atoms with Crippen molar-refractivity contribution in [3.63, 3.8) is 0 Å². The van der Waals surface area contributed by atoms with Crippen molar-refractivity contribution in [2.45, 2.75) is 20.0 Å². The van der Waals surface area contributed by atoms with Gasteiger partial charge in [0, 0.05) is 30.4 Å². The first-order valence-corrected chi connectivity index (χ1v) is 7.90. The average molecular weight is 311 g/mol. The van der Waals surface area contributed by atoms with Crippen molar-refractivity contribution in [2.24, 2.45) is 0 Å². The molecule has 3 rings (SSSR count). The van der Waals surface area contributed by atoms with Gasteiger partial charge in [0.2, 0.25) is 0 Å². The van der Waals surface area contributed by atoms with E-state index in [9.17, 15) is 4.79 Å². The highest BCUT2D eigenvalue weighted by Crippen LogP contribution is 2.15. The molecular weight excluding hydrogens is 294 g/mol. The molecule has 1 N–H and O–H groups in total. The Hall–Kier alpha value is -2.40. The smallest absolute Gasteiger partial charge is 0.261 e. The molecule has 0 atom stereocenters. The molecule has 5 heteroatoms. The van der Waals surface area contributed by atoms with Crippen LogP contribution < -0.4 is 5.32 Å². The van der Waals surface area contributed by atoms with E-state index >= 15 is 0 Å². The molecule has 0 aliphatic carbocycles. The predicted octanol–water partition coefficient (Wildman–Crippen LogP) is 3.23. The van der Waals surface area contributed by atoms with Gasteiger partial charge < -0.3 is 9.88 Å². The number of nitrogens with one attached hydrogen (secondary N) is 1. The summed E-state index contributed by atoms with van der Waals surface area (Å²) in [5.74, 6) is -0.0133. The molecule has 0 spiro atoms. The number of carbonyl (C=O) groups excluding carboxylic acids is 1. The Morgan fingerprint density at radius 3 is 2.59 bits per heavy atom. The Bertz CT molecular complexity index is 745. The van der Waals surface area contributed by atoms with E-state index in [4.69, 9.17) is 0 Å². The maximum absolute atomic E-state index is 12.0.